The molecule has 0 saturated carbocycles. The Balaban J connectivity index is 3.13. The van der Waals surface area contributed by atoms with Crippen LogP contribution in [-0.4, -0.2) is 23.9 Å². The van der Waals surface area contributed by atoms with Crippen LogP contribution in [0.4, 0.5) is 0 Å². The van der Waals surface area contributed by atoms with E-state index in [2.05, 4.69) is 6.58 Å². The molecule has 1 aromatic heterocycles. The minimum absolute atomic E-state index is 0.131. The lowest BCUT2D eigenvalue weighted by Crippen LogP contribution is -1.99. The zero-order valence-corrected chi connectivity index (χ0v) is 10.3. The van der Waals surface area contributed by atoms with Crippen LogP contribution >= 0.6 is 34.7 Å². The number of thiophene rings is 1. The molecule has 1 rings (SSSR count). The van der Waals surface area contributed by atoms with Gasteiger partial charge in [0.1, 0.15) is 11.6 Å². The Bertz CT molecular complexity index is 387. The van der Waals surface area contributed by atoms with Crippen molar-refractivity contribution in [1.29, 1.82) is 0 Å². The molecule has 82 valence electrons. The molecule has 0 fully saturated rings. The molecule has 15 heavy (non-hydrogen) atoms. The number of ether oxygens (including phenoxy) is 1. The summed E-state index contributed by atoms with van der Waals surface area (Å²) in [7, 11) is 0. The van der Waals surface area contributed by atoms with Crippen molar-refractivity contribution in [1.82, 2.24) is 0 Å². The van der Waals surface area contributed by atoms with Crippen LogP contribution < -0.4 is 4.74 Å². The van der Waals surface area contributed by atoms with Crippen LogP contribution in [0.5, 0.6) is 5.75 Å². The number of thioether (sulfide) groups is 1. The van der Waals surface area contributed by atoms with Gasteiger partial charge in [-0.15, -0.1) is 23.1 Å². The van der Waals surface area contributed by atoms with Crippen molar-refractivity contribution in [3.63, 3.8) is 0 Å². The SMILES string of the molecule is C=CCOc1c(C(=O)O)sc(SC)c1Cl. The molecule has 1 aromatic rings. The van der Waals surface area contributed by atoms with Gasteiger partial charge in [0.25, 0.3) is 0 Å². The van der Waals surface area contributed by atoms with E-state index < -0.39 is 5.97 Å². The number of carboxylic acids is 1. The van der Waals surface area contributed by atoms with Crippen molar-refractivity contribution in [2.45, 2.75) is 4.21 Å². The predicted octanol–water partition coefficient (Wildman–Crippen LogP) is 3.39. The van der Waals surface area contributed by atoms with Crippen LogP contribution in [0.2, 0.25) is 5.02 Å². The summed E-state index contributed by atoms with van der Waals surface area (Å²) >= 11 is 8.49. The quantitative estimate of drug-likeness (QED) is 0.654. The Morgan fingerprint density at radius 2 is 2.47 bits per heavy atom. The molecule has 0 unspecified atom stereocenters. The van der Waals surface area contributed by atoms with Crippen molar-refractivity contribution in [3.8, 4) is 5.75 Å². The minimum Gasteiger partial charge on any atom is -0.486 e. The van der Waals surface area contributed by atoms with Crippen molar-refractivity contribution >= 4 is 40.7 Å². The summed E-state index contributed by atoms with van der Waals surface area (Å²) in [4.78, 5) is 11.0. The summed E-state index contributed by atoms with van der Waals surface area (Å²) in [5.74, 6) is -0.792. The molecule has 1 N–H and O–H groups in total. The first-order valence-corrected chi connectivity index (χ1v) is 6.37. The molecule has 0 aliphatic rings. The first kappa shape index (κ1) is 12.4. The summed E-state index contributed by atoms with van der Waals surface area (Å²) in [6.45, 7) is 3.73. The maximum atomic E-state index is 10.9. The lowest BCUT2D eigenvalue weighted by Gasteiger charge is -2.02. The Morgan fingerprint density at radius 3 is 2.93 bits per heavy atom. The van der Waals surface area contributed by atoms with E-state index in [1.54, 1.807) is 6.08 Å². The lowest BCUT2D eigenvalue weighted by atomic mass is 10.4. The highest BCUT2D eigenvalue weighted by atomic mass is 35.5. The first-order valence-electron chi connectivity index (χ1n) is 3.95. The van der Waals surface area contributed by atoms with Crippen molar-refractivity contribution in [2.75, 3.05) is 12.9 Å². The van der Waals surface area contributed by atoms with Gasteiger partial charge >= 0.3 is 5.97 Å². The Labute approximate surface area is 101 Å². The number of hydrogen-bond donors (Lipinski definition) is 1. The fraction of sp³-hybridized carbons (Fsp3) is 0.222. The van der Waals surface area contributed by atoms with Gasteiger partial charge in [-0.25, -0.2) is 4.79 Å². The molecule has 0 bridgehead atoms. The fourth-order valence-electron chi connectivity index (χ4n) is 0.919. The molecule has 0 aliphatic carbocycles. The van der Waals surface area contributed by atoms with Crippen LogP contribution in [0.25, 0.3) is 0 Å². The normalized spacial score (nSPS) is 10.0. The topological polar surface area (TPSA) is 46.5 Å². The van der Waals surface area contributed by atoms with Gasteiger partial charge in [-0.2, -0.15) is 0 Å². The largest absolute Gasteiger partial charge is 0.486 e. The summed E-state index contributed by atoms with van der Waals surface area (Å²) in [5, 5.41) is 9.30. The van der Waals surface area contributed by atoms with Crippen LogP contribution in [0.15, 0.2) is 16.9 Å². The number of carboxylic acid groups (broad SMARTS) is 1. The van der Waals surface area contributed by atoms with Crippen molar-refractivity contribution < 1.29 is 14.6 Å². The molecule has 0 spiro atoms. The van der Waals surface area contributed by atoms with E-state index in [1.807, 2.05) is 6.26 Å². The zero-order valence-electron chi connectivity index (χ0n) is 7.95. The summed E-state index contributed by atoms with van der Waals surface area (Å²) < 4.78 is 5.97. The summed E-state index contributed by atoms with van der Waals surface area (Å²) in [5.41, 5.74) is 0. The lowest BCUT2D eigenvalue weighted by molar-refractivity contribution is 0.0698. The van der Waals surface area contributed by atoms with E-state index >= 15 is 0 Å². The second-order valence-corrected chi connectivity index (χ2v) is 4.94. The molecule has 0 aromatic carbocycles. The van der Waals surface area contributed by atoms with Gasteiger partial charge in [0.15, 0.2) is 10.6 Å². The molecular formula is C9H9ClO3S2. The Morgan fingerprint density at radius 1 is 1.80 bits per heavy atom. The monoisotopic (exact) mass is 264 g/mol. The van der Waals surface area contributed by atoms with Crippen LogP contribution in [-0.2, 0) is 0 Å². The second kappa shape index (κ2) is 5.44. The maximum Gasteiger partial charge on any atom is 0.349 e. The molecule has 0 aliphatic heterocycles. The fourth-order valence-corrected chi connectivity index (χ4v) is 3.04. The minimum atomic E-state index is -1.03. The van der Waals surface area contributed by atoms with Gasteiger partial charge in [0, 0.05) is 0 Å². The van der Waals surface area contributed by atoms with Gasteiger partial charge in [-0.1, -0.05) is 24.3 Å². The average Bonchev–Trinajstić information content (AvgIpc) is 2.52. The van der Waals surface area contributed by atoms with E-state index in [9.17, 15) is 4.79 Å². The molecule has 0 saturated heterocycles. The van der Waals surface area contributed by atoms with Crippen LogP contribution in [0.1, 0.15) is 9.67 Å². The third-order valence-electron chi connectivity index (χ3n) is 1.50. The van der Waals surface area contributed by atoms with E-state index in [-0.39, 0.29) is 17.2 Å². The number of hydrogen-bond acceptors (Lipinski definition) is 4. The van der Waals surface area contributed by atoms with E-state index in [4.69, 9.17) is 21.4 Å². The number of aromatic carboxylic acids is 1. The highest BCUT2D eigenvalue weighted by molar-refractivity contribution is 8.00. The second-order valence-electron chi connectivity index (χ2n) is 2.47. The Kier molecular flexibility index (Phi) is 4.50. The predicted molar refractivity (Wildman–Crippen MR) is 63.8 cm³/mol. The van der Waals surface area contributed by atoms with E-state index in [0.717, 1.165) is 15.5 Å². The summed E-state index contributed by atoms with van der Waals surface area (Å²) in [6.07, 6.45) is 3.37. The van der Waals surface area contributed by atoms with Crippen molar-refractivity contribution in [2.24, 2.45) is 0 Å². The third kappa shape index (κ3) is 2.68. The molecular weight excluding hydrogens is 256 g/mol. The smallest absolute Gasteiger partial charge is 0.349 e. The molecule has 0 amide bonds. The molecule has 6 heteroatoms. The Hall–Kier alpha value is -0.650. The zero-order chi connectivity index (χ0) is 11.4. The molecule has 0 atom stereocenters. The molecule has 1 heterocycles. The molecule has 3 nitrogen and oxygen atoms in total. The summed E-state index contributed by atoms with van der Waals surface area (Å²) in [6, 6.07) is 0. The number of rotatable bonds is 5. The van der Waals surface area contributed by atoms with Gasteiger partial charge in [-0.05, 0) is 6.26 Å². The van der Waals surface area contributed by atoms with Crippen LogP contribution in [0, 0.1) is 0 Å². The average molecular weight is 265 g/mol. The highest BCUT2D eigenvalue weighted by Crippen LogP contribution is 2.44. The first-order chi connectivity index (χ1) is 7.11. The third-order valence-corrected chi connectivity index (χ3v) is 4.37. The number of carbonyl (C=O) groups is 1. The van der Waals surface area contributed by atoms with Crippen molar-refractivity contribution in [3.05, 3.63) is 22.6 Å². The maximum absolute atomic E-state index is 10.9. The van der Waals surface area contributed by atoms with Gasteiger partial charge in [0.05, 0.1) is 4.21 Å². The van der Waals surface area contributed by atoms with E-state index in [1.165, 1.54) is 11.8 Å². The highest BCUT2D eigenvalue weighted by Gasteiger charge is 2.22. The van der Waals surface area contributed by atoms with Crippen LogP contribution in [0.3, 0.4) is 0 Å². The number of halogens is 1. The van der Waals surface area contributed by atoms with Gasteiger partial charge in [0.2, 0.25) is 0 Å². The van der Waals surface area contributed by atoms with E-state index in [0.29, 0.717) is 5.02 Å². The standard InChI is InChI=1S/C9H9ClO3S2/c1-3-4-13-6-5(10)9(14-2)15-7(6)8(11)12/h3H,1,4H2,2H3,(H,11,12). The van der Waals surface area contributed by atoms with Gasteiger partial charge < -0.3 is 9.84 Å². The molecule has 0 radical (unpaired) electrons. The van der Waals surface area contributed by atoms with Gasteiger partial charge in [-0.3, -0.25) is 0 Å².